The molecule has 0 heterocycles. The fourth-order valence-corrected chi connectivity index (χ4v) is 0.548. The highest BCUT2D eigenvalue weighted by Crippen LogP contribution is 2.14. The number of rotatable bonds is 5. The summed E-state index contributed by atoms with van der Waals surface area (Å²) in [5.74, 6) is 0. The lowest BCUT2D eigenvalue weighted by Crippen LogP contribution is -2.29. The summed E-state index contributed by atoms with van der Waals surface area (Å²) >= 11 is 0. The van der Waals surface area contributed by atoms with Crippen molar-refractivity contribution in [2.24, 2.45) is 0 Å². The number of hydrogen-bond acceptors (Lipinski definition) is 4. The van der Waals surface area contributed by atoms with Crippen LogP contribution in [-0.4, -0.2) is 17.5 Å². The fraction of sp³-hybridized carbons (Fsp3) is 1.00. The molecule has 0 aromatic carbocycles. The molecule has 0 fully saturated rings. The molecule has 0 saturated heterocycles. The van der Waals surface area contributed by atoms with Gasteiger partial charge in [0.25, 0.3) is 0 Å². The second kappa shape index (κ2) is 5.80. The summed E-state index contributed by atoms with van der Waals surface area (Å²) < 4.78 is 0. The molecule has 0 radical (unpaired) electrons. The lowest BCUT2D eigenvalue weighted by atomic mass is 10.2. The van der Waals surface area contributed by atoms with Gasteiger partial charge in [0, 0.05) is 6.42 Å². The Morgan fingerprint density at radius 2 is 1.13 bits per heavy atom. The first-order valence-electron chi connectivity index (χ1n) is 5.33. The smallest absolute Gasteiger partial charge is 0.224 e. The molecular formula is C11H24O4. The average Bonchev–Trinajstić information content (AvgIpc) is 2.00. The van der Waals surface area contributed by atoms with E-state index in [0.29, 0.717) is 6.42 Å². The Labute approximate surface area is 92.7 Å². The Kier molecular flexibility index (Phi) is 5.73. The zero-order chi connectivity index (χ0) is 12.1. The maximum Gasteiger partial charge on any atom is 0.224 e. The lowest BCUT2D eigenvalue weighted by molar-refractivity contribution is -0.497. The van der Waals surface area contributed by atoms with Gasteiger partial charge in [-0.05, 0) is 41.5 Å². The van der Waals surface area contributed by atoms with Crippen molar-refractivity contribution >= 4 is 0 Å². The van der Waals surface area contributed by atoms with Gasteiger partial charge in [0.15, 0.2) is 0 Å². The van der Waals surface area contributed by atoms with Crippen molar-refractivity contribution in [3.05, 3.63) is 0 Å². The molecule has 0 aliphatic heterocycles. The standard InChI is InChI=1S/C11H24O4/c1-8-9(12-14-10(2,3)4)13-15-11(5,6)7/h9H,8H2,1-7H3. The third-order valence-corrected chi connectivity index (χ3v) is 1.14. The zero-order valence-corrected chi connectivity index (χ0v) is 10.9. The van der Waals surface area contributed by atoms with Crippen LogP contribution in [0.25, 0.3) is 0 Å². The van der Waals surface area contributed by atoms with Crippen LogP contribution in [0.4, 0.5) is 0 Å². The summed E-state index contributed by atoms with van der Waals surface area (Å²) in [6.07, 6.45) is 0.162. The van der Waals surface area contributed by atoms with Crippen LogP contribution in [0.2, 0.25) is 0 Å². The van der Waals surface area contributed by atoms with Gasteiger partial charge in [-0.1, -0.05) is 6.92 Å². The van der Waals surface area contributed by atoms with Crippen LogP contribution in [0.1, 0.15) is 54.9 Å². The Bertz CT molecular complexity index is 148. The predicted molar refractivity (Wildman–Crippen MR) is 57.9 cm³/mol. The first kappa shape index (κ1) is 14.8. The van der Waals surface area contributed by atoms with Crippen molar-refractivity contribution in [1.29, 1.82) is 0 Å². The summed E-state index contributed by atoms with van der Waals surface area (Å²) in [5.41, 5.74) is -0.697. The summed E-state index contributed by atoms with van der Waals surface area (Å²) in [7, 11) is 0. The van der Waals surface area contributed by atoms with Crippen molar-refractivity contribution < 1.29 is 19.6 Å². The highest BCUT2D eigenvalue weighted by Gasteiger charge is 2.20. The van der Waals surface area contributed by atoms with Gasteiger partial charge in [0.05, 0.1) is 11.2 Å². The van der Waals surface area contributed by atoms with Crippen molar-refractivity contribution in [2.75, 3.05) is 0 Å². The van der Waals surface area contributed by atoms with E-state index in [1.165, 1.54) is 0 Å². The van der Waals surface area contributed by atoms with Crippen molar-refractivity contribution in [3.63, 3.8) is 0 Å². The maximum absolute atomic E-state index is 5.14. The summed E-state index contributed by atoms with van der Waals surface area (Å²) in [5, 5.41) is 0. The van der Waals surface area contributed by atoms with Crippen LogP contribution >= 0.6 is 0 Å². The van der Waals surface area contributed by atoms with Crippen LogP contribution < -0.4 is 0 Å². The molecule has 0 aromatic rings. The fourth-order valence-electron chi connectivity index (χ4n) is 0.548. The van der Waals surface area contributed by atoms with E-state index < -0.39 is 6.29 Å². The van der Waals surface area contributed by atoms with Gasteiger partial charge in [-0.15, -0.1) is 0 Å². The molecular weight excluding hydrogens is 196 g/mol. The number of hydrogen-bond donors (Lipinski definition) is 0. The second-order valence-electron chi connectivity index (χ2n) is 5.42. The molecule has 0 aliphatic rings. The van der Waals surface area contributed by atoms with E-state index in [0.717, 1.165) is 0 Å². The molecule has 4 heteroatoms. The minimum atomic E-state index is -0.497. The molecule has 0 atom stereocenters. The molecule has 4 nitrogen and oxygen atoms in total. The van der Waals surface area contributed by atoms with Crippen molar-refractivity contribution in [3.8, 4) is 0 Å². The maximum atomic E-state index is 5.14. The van der Waals surface area contributed by atoms with Gasteiger partial charge in [0.1, 0.15) is 0 Å². The molecule has 0 unspecified atom stereocenters. The SMILES string of the molecule is CCC(OOC(C)(C)C)OOC(C)(C)C. The summed E-state index contributed by atoms with van der Waals surface area (Å²) in [6, 6.07) is 0. The van der Waals surface area contributed by atoms with E-state index in [9.17, 15) is 0 Å². The van der Waals surface area contributed by atoms with Crippen LogP contribution in [-0.2, 0) is 19.6 Å². The monoisotopic (exact) mass is 220 g/mol. The Morgan fingerprint density at radius 1 is 0.800 bits per heavy atom. The van der Waals surface area contributed by atoms with E-state index in [1.807, 2.05) is 48.5 Å². The largest absolute Gasteiger partial charge is 0.228 e. The lowest BCUT2D eigenvalue weighted by Gasteiger charge is -2.24. The highest BCUT2D eigenvalue weighted by molar-refractivity contribution is 4.55. The first-order valence-corrected chi connectivity index (χ1v) is 5.33. The molecule has 0 spiro atoms. The van der Waals surface area contributed by atoms with Gasteiger partial charge in [0.2, 0.25) is 6.29 Å². The molecule has 15 heavy (non-hydrogen) atoms. The molecule has 0 N–H and O–H groups in total. The van der Waals surface area contributed by atoms with Crippen LogP contribution in [0.15, 0.2) is 0 Å². The van der Waals surface area contributed by atoms with E-state index in [4.69, 9.17) is 19.6 Å². The third-order valence-electron chi connectivity index (χ3n) is 1.14. The molecule has 0 rings (SSSR count). The van der Waals surface area contributed by atoms with E-state index >= 15 is 0 Å². The van der Waals surface area contributed by atoms with E-state index in [2.05, 4.69) is 0 Å². The molecule has 0 saturated carbocycles. The Balaban J connectivity index is 3.84. The first-order chi connectivity index (χ1) is 6.64. The molecule has 92 valence electrons. The molecule has 0 bridgehead atoms. The topological polar surface area (TPSA) is 36.9 Å². The predicted octanol–water partition coefficient (Wildman–Crippen LogP) is 3.22. The normalized spacial score (nSPS) is 13.6. The van der Waals surface area contributed by atoms with Crippen molar-refractivity contribution in [2.45, 2.75) is 72.4 Å². The molecule has 0 aliphatic carbocycles. The van der Waals surface area contributed by atoms with Gasteiger partial charge in [-0.3, -0.25) is 0 Å². The minimum absolute atomic E-state index is 0.349. The van der Waals surface area contributed by atoms with Crippen LogP contribution in [0.5, 0.6) is 0 Å². The quantitative estimate of drug-likeness (QED) is 0.405. The minimum Gasteiger partial charge on any atom is -0.228 e. The highest BCUT2D eigenvalue weighted by atomic mass is 17.3. The second-order valence-corrected chi connectivity index (χ2v) is 5.42. The summed E-state index contributed by atoms with van der Waals surface area (Å²) in [6.45, 7) is 13.4. The van der Waals surface area contributed by atoms with Gasteiger partial charge in [-0.25, -0.2) is 19.6 Å². The van der Waals surface area contributed by atoms with E-state index in [-0.39, 0.29) is 11.2 Å². The van der Waals surface area contributed by atoms with Crippen molar-refractivity contribution in [1.82, 2.24) is 0 Å². The van der Waals surface area contributed by atoms with Crippen LogP contribution in [0.3, 0.4) is 0 Å². The van der Waals surface area contributed by atoms with Gasteiger partial charge >= 0.3 is 0 Å². The van der Waals surface area contributed by atoms with Crippen LogP contribution in [0, 0.1) is 0 Å². The Morgan fingerprint density at radius 3 is 1.33 bits per heavy atom. The zero-order valence-electron chi connectivity index (χ0n) is 10.9. The van der Waals surface area contributed by atoms with Gasteiger partial charge < -0.3 is 0 Å². The van der Waals surface area contributed by atoms with E-state index in [1.54, 1.807) is 0 Å². The summed E-state index contributed by atoms with van der Waals surface area (Å²) in [4.78, 5) is 20.5. The van der Waals surface area contributed by atoms with Gasteiger partial charge in [-0.2, -0.15) is 0 Å². The average molecular weight is 220 g/mol. The third kappa shape index (κ3) is 10.1. The molecule has 0 aromatic heterocycles. The Hall–Kier alpha value is -0.160. The molecule has 0 amide bonds.